The fourth-order valence-corrected chi connectivity index (χ4v) is 5.12. The Hall–Kier alpha value is -3.49. The van der Waals surface area contributed by atoms with Gasteiger partial charge in [0.15, 0.2) is 0 Å². The lowest BCUT2D eigenvalue weighted by Crippen LogP contribution is -2.48. The molecule has 2 heterocycles. The number of aromatic nitrogens is 2. The van der Waals surface area contributed by atoms with Crippen LogP contribution in [0.2, 0.25) is 0 Å². The van der Waals surface area contributed by atoms with Crippen molar-refractivity contribution in [2.75, 3.05) is 22.7 Å². The van der Waals surface area contributed by atoms with Gasteiger partial charge >= 0.3 is 12.3 Å². The summed E-state index contributed by atoms with van der Waals surface area (Å²) < 4.78 is 79.6. The van der Waals surface area contributed by atoms with Gasteiger partial charge in [0.05, 0.1) is 24.5 Å². The second-order valence-electron chi connectivity index (χ2n) is 8.85. The number of anilines is 2. The number of aryl methyl sites for hydroxylation is 2. The molecule has 0 aliphatic carbocycles. The van der Waals surface area contributed by atoms with E-state index in [9.17, 15) is 31.2 Å². The monoisotopic (exact) mass is 547 g/mol. The molecule has 1 aliphatic rings. The zero-order valence-corrected chi connectivity index (χ0v) is 21.7. The lowest BCUT2D eigenvalue weighted by Gasteiger charge is -2.35. The lowest BCUT2D eigenvalue weighted by molar-refractivity contribution is -0.242. The van der Waals surface area contributed by atoms with Gasteiger partial charge in [-0.2, -0.15) is 18.3 Å². The normalized spacial score (nSPS) is 16.0. The van der Waals surface area contributed by atoms with Crippen LogP contribution in [0, 0.1) is 6.92 Å². The second-order valence-corrected chi connectivity index (χ2v) is 10.7. The van der Waals surface area contributed by atoms with E-state index in [1.54, 1.807) is 13.8 Å². The van der Waals surface area contributed by atoms with Gasteiger partial charge in [-0.1, -0.05) is 0 Å². The minimum atomic E-state index is -4.80. The third-order valence-electron chi connectivity index (χ3n) is 5.54. The number of nitrogens with zero attached hydrogens (tertiary/aromatic N) is 3. The molecule has 204 valence electrons. The number of hydrogen-bond acceptors (Lipinski definition) is 7. The van der Waals surface area contributed by atoms with Crippen molar-refractivity contribution < 1.29 is 40.7 Å². The molecule has 2 N–H and O–H groups in total. The largest absolute Gasteiger partial charge is 0.484 e. The maximum atomic E-state index is 13.7. The molecule has 1 aliphatic heterocycles. The van der Waals surface area contributed by atoms with Crippen LogP contribution in [0.4, 0.5) is 29.3 Å². The standard InChI is InChI=1S/C22H28F3N5O6S/c1-6-29-12-19(13(2)28-29)37(33,34)30-11-16(10-26-14(3)31)35-18-8-7-15(9-17(18)30)27-20(32)36-21(4,5)22(23,24)25/h7-9,12,16H,6,10-11H2,1-5H3,(H,26,31)(H,27,32)/t16-/m0/s1. The third-order valence-corrected chi connectivity index (χ3v) is 7.42. The number of hydrogen-bond donors (Lipinski definition) is 2. The van der Waals surface area contributed by atoms with Crippen molar-refractivity contribution in [3.8, 4) is 5.75 Å². The first-order chi connectivity index (χ1) is 17.0. The molecule has 15 heteroatoms. The topological polar surface area (TPSA) is 132 Å². The molecular formula is C22H28F3N5O6S. The van der Waals surface area contributed by atoms with Crippen LogP contribution in [0.1, 0.15) is 33.4 Å². The molecule has 1 aromatic carbocycles. The van der Waals surface area contributed by atoms with E-state index in [1.165, 1.54) is 36.0 Å². The van der Waals surface area contributed by atoms with Gasteiger partial charge < -0.3 is 14.8 Å². The molecule has 11 nitrogen and oxygen atoms in total. The molecule has 1 atom stereocenters. The highest BCUT2D eigenvalue weighted by atomic mass is 32.2. The van der Waals surface area contributed by atoms with E-state index in [0.29, 0.717) is 20.4 Å². The van der Waals surface area contributed by atoms with E-state index < -0.39 is 34.0 Å². The molecule has 1 aromatic heterocycles. The summed E-state index contributed by atoms with van der Waals surface area (Å²) in [5.74, 6) is -0.205. The summed E-state index contributed by atoms with van der Waals surface area (Å²) in [4.78, 5) is 23.5. The number of benzene rings is 1. The molecule has 37 heavy (non-hydrogen) atoms. The van der Waals surface area contributed by atoms with Gasteiger partial charge in [0.25, 0.3) is 10.0 Å². The number of fused-ring (bicyclic) bond motifs is 1. The van der Waals surface area contributed by atoms with Crippen molar-refractivity contribution in [3.05, 3.63) is 30.1 Å². The fraction of sp³-hybridized carbons (Fsp3) is 0.500. The van der Waals surface area contributed by atoms with E-state index in [4.69, 9.17) is 4.74 Å². The van der Waals surface area contributed by atoms with Gasteiger partial charge in [0.2, 0.25) is 11.5 Å². The van der Waals surface area contributed by atoms with Gasteiger partial charge in [-0.15, -0.1) is 0 Å². The molecule has 0 saturated heterocycles. The molecule has 0 saturated carbocycles. The first-order valence-electron chi connectivity index (χ1n) is 11.2. The van der Waals surface area contributed by atoms with E-state index in [0.717, 1.165) is 4.31 Å². The quantitative estimate of drug-likeness (QED) is 0.544. The van der Waals surface area contributed by atoms with E-state index in [-0.39, 0.29) is 46.7 Å². The average molecular weight is 548 g/mol. The molecule has 0 radical (unpaired) electrons. The summed E-state index contributed by atoms with van der Waals surface area (Å²) in [6.45, 7) is 6.33. The predicted molar refractivity (Wildman–Crippen MR) is 127 cm³/mol. The third kappa shape index (κ3) is 6.09. The zero-order valence-electron chi connectivity index (χ0n) is 20.8. The number of amides is 2. The van der Waals surface area contributed by atoms with Crippen molar-refractivity contribution in [1.82, 2.24) is 15.1 Å². The number of rotatable bonds is 7. The summed E-state index contributed by atoms with van der Waals surface area (Å²) in [5.41, 5.74) is -2.47. The summed E-state index contributed by atoms with van der Waals surface area (Å²) >= 11 is 0. The van der Waals surface area contributed by atoms with Crippen LogP contribution in [0.3, 0.4) is 0 Å². The van der Waals surface area contributed by atoms with Crippen LogP contribution in [0.15, 0.2) is 29.3 Å². The highest BCUT2D eigenvalue weighted by molar-refractivity contribution is 7.92. The first-order valence-corrected chi connectivity index (χ1v) is 12.7. The Bertz CT molecular complexity index is 1290. The van der Waals surface area contributed by atoms with E-state index >= 15 is 0 Å². The Morgan fingerprint density at radius 1 is 1.27 bits per heavy atom. The Kier molecular flexibility index (Phi) is 7.67. The number of alkyl halides is 3. The molecule has 0 fully saturated rings. The minimum Gasteiger partial charge on any atom is -0.484 e. The van der Waals surface area contributed by atoms with E-state index in [1.807, 2.05) is 0 Å². The Labute approximate surface area is 212 Å². The SMILES string of the molecule is CCn1cc(S(=O)(=O)N2C[C@H](CNC(C)=O)Oc3ccc(NC(=O)OC(C)(C)C(F)(F)F)cc32)c(C)n1. The van der Waals surface area contributed by atoms with Crippen LogP contribution in [-0.2, 0) is 26.1 Å². The number of carbonyl (C=O) groups is 2. The number of carbonyl (C=O) groups excluding carboxylic acids is 2. The summed E-state index contributed by atoms with van der Waals surface area (Å²) in [7, 11) is -4.20. The van der Waals surface area contributed by atoms with Crippen molar-refractivity contribution in [2.45, 2.75) is 63.9 Å². The van der Waals surface area contributed by atoms with Gasteiger partial charge in [-0.05, 0) is 45.9 Å². The summed E-state index contributed by atoms with van der Waals surface area (Å²) in [5, 5.41) is 8.98. The van der Waals surface area contributed by atoms with Crippen LogP contribution in [-0.4, -0.2) is 61.2 Å². The second kappa shape index (κ2) is 10.1. The maximum absolute atomic E-state index is 13.7. The highest BCUT2D eigenvalue weighted by Crippen LogP contribution is 2.40. The van der Waals surface area contributed by atoms with Crippen molar-refractivity contribution in [1.29, 1.82) is 0 Å². The predicted octanol–water partition coefficient (Wildman–Crippen LogP) is 3.19. The zero-order chi connectivity index (χ0) is 27.8. The van der Waals surface area contributed by atoms with Gasteiger partial charge in [0.1, 0.15) is 16.7 Å². The van der Waals surface area contributed by atoms with Crippen LogP contribution < -0.4 is 19.7 Å². The van der Waals surface area contributed by atoms with E-state index in [2.05, 4.69) is 20.5 Å². The van der Waals surface area contributed by atoms with Crippen LogP contribution >= 0.6 is 0 Å². The molecule has 3 rings (SSSR count). The lowest BCUT2D eigenvalue weighted by atomic mass is 10.1. The summed E-state index contributed by atoms with van der Waals surface area (Å²) in [6.07, 6.45) is -5.54. The minimum absolute atomic E-state index is 0.0207. The van der Waals surface area contributed by atoms with Crippen molar-refractivity contribution >= 4 is 33.4 Å². The van der Waals surface area contributed by atoms with Gasteiger partial charge in [-0.25, -0.2) is 13.2 Å². The number of nitrogens with one attached hydrogen (secondary N) is 2. The fourth-order valence-electron chi connectivity index (χ4n) is 3.45. The Morgan fingerprint density at radius 2 is 1.95 bits per heavy atom. The van der Waals surface area contributed by atoms with Crippen molar-refractivity contribution in [2.24, 2.45) is 0 Å². The number of ether oxygens (including phenoxy) is 2. The van der Waals surface area contributed by atoms with Gasteiger partial charge in [-0.3, -0.25) is 19.1 Å². The number of halogens is 3. The first kappa shape index (κ1) is 28.1. The Balaban J connectivity index is 1.98. The van der Waals surface area contributed by atoms with Crippen molar-refractivity contribution in [3.63, 3.8) is 0 Å². The molecular weight excluding hydrogens is 519 g/mol. The average Bonchev–Trinajstić information content (AvgIpc) is 3.17. The van der Waals surface area contributed by atoms with Gasteiger partial charge in [0, 0.05) is 25.4 Å². The smallest absolute Gasteiger partial charge is 0.427 e. The van der Waals surface area contributed by atoms with Crippen LogP contribution in [0.5, 0.6) is 5.75 Å². The molecule has 2 aromatic rings. The highest BCUT2D eigenvalue weighted by Gasteiger charge is 2.51. The summed E-state index contributed by atoms with van der Waals surface area (Å²) in [6, 6.07) is 3.94. The number of sulfonamides is 1. The molecule has 2 amide bonds. The van der Waals surface area contributed by atoms with Crippen LogP contribution in [0.25, 0.3) is 0 Å². The molecule has 0 unspecified atom stereocenters. The maximum Gasteiger partial charge on any atom is 0.427 e. The Morgan fingerprint density at radius 3 is 2.51 bits per heavy atom. The molecule has 0 spiro atoms. The molecule has 0 bridgehead atoms.